The molecule has 0 saturated carbocycles. The number of anilines is 1. The van der Waals surface area contributed by atoms with E-state index in [2.05, 4.69) is 20.3 Å². The smallest absolute Gasteiger partial charge is 0.385 e. The highest BCUT2D eigenvalue weighted by atomic mass is 19.4. The molecule has 4 aromatic rings. The molecule has 1 saturated heterocycles. The molecule has 1 atom stereocenters. The number of amides is 1. The summed E-state index contributed by atoms with van der Waals surface area (Å²) in [5.74, 6) is 0.566. The number of hydrogen-bond acceptors (Lipinski definition) is 8. The summed E-state index contributed by atoms with van der Waals surface area (Å²) in [5.41, 5.74) is -1.62. The summed E-state index contributed by atoms with van der Waals surface area (Å²) in [6.45, 7) is 5.43. The number of alkyl halides is 3. The average molecular weight is 558 g/mol. The Kier molecular flexibility index (Phi) is 6.60. The number of benzene rings is 1. The first-order valence-electron chi connectivity index (χ1n) is 12.5. The Hall–Kier alpha value is -4.33. The summed E-state index contributed by atoms with van der Waals surface area (Å²) in [4.78, 5) is 37.4. The number of halogens is 3. The standard InChI is InChI=1S/C26H26F3N7O4/c1-14(17-10-18(26(27,28)29)12-19(11-17)36(39)40)31-22-20-13-21(25(38)4-7-34(8-5-25)16(3)37)24-30-6-9-35(24)23(20)33-15(2)32-22/h6,9-14,38H,4-5,7-8H2,1-3H3,(H,31,32,33)/t14-/m1/s1. The third-order valence-electron chi connectivity index (χ3n) is 7.30. The molecule has 0 unspecified atom stereocenters. The molecule has 1 aromatic carbocycles. The van der Waals surface area contributed by atoms with Crippen LogP contribution >= 0.6 is 0 Å². The number of nitrogens with zero attached hydrogens (tertiary/aromatic N) is 6. The van der Waals surface area contributed by atoms with E-state index in [-0.39, 0.29) is 30.1 Å². The largest absolute Gasteiger partial charge is 0.416 e. The van der Waals surface area contributed by atoms with Gasteiger partial charge in [-0.1, -0.05) is 0 Å². The minimum atomic E-state index is -4.77. The molecule has 0 spiro atoms. The molecule has 1 fully saturated rings. The fraction of sp³-hybridized carbons (Fsp3) is 0.385. The zero-order valence-corrected chi connectivity index (χ0v) is 21.9. The maximum absolute atomic E-state index is 13.5. The summed E-state index contributed by atoms with van der Waals surface area (Å²) in [6, 6.07) is 3.35. The summed E-state index contributed by atoms with van der Waals surface area (Å²) in [7, 11) is 0. The summed E-state index contributed by atoms with van der Waals surface area (Å²) in [5, 5.41) is 26.6. The number of nitrogens with one attached hydrogen (secondary N) is 1. The lowest BCUT2D eigenvalue weighted by atomic mass is 9.84. The number of nitro groups is 1. The highest BCUT2D eigenvalue weighted by Crippen LogP contribution is 2.39. The molecule has 210 valence electrons. The number of imidazole rings is 1. The van der Waals surface area contributed by atoms with Crippen molar-refractivity contribution < 1.29 is 28.0 Å². The molecule has 40 heavy (non-hydrogen) atoms. The minimum Gasteiger partial charge on any atom is -0.385 e. The third kappa shape index (κ3) is 4.90. The quantitative estimate of drug-likeness (QED) is 0.270. The Labute approximate surface area is 225 Å². The van der Waals surface area contributed by atoms with Crippen molar-refractivity contribution in [3.63, 3.8) is 0 Å². The van der Waals surface area contributed by atoms with Crippen LogP contribution < -0.4 is 5.32 Å². The second-order valence-corrected chi connectivity index (χ2v) is 10.0. The molecule has 2 N–H and O–H groups in total. The van der Waals surface area contributed by atoms with Crippen molar-refractivity contribution in [3.8, 4) is 0 Å². The van der Waals surface area contributed by atoms with E-state index in [1.165, 1.54) is 6.92 Å². The van der Waals surface area contributed by atoms with Crippen molar-refractivity contribution in [2.24, 2.45) is 0 Å². The Morgan fingerprint density at radius 3 is 2.50 bits per heavy atom. The van der Waals surface area contributed by atoms with Gasteiger partial charge < -0.3 is 15.3 Å². The van der Waals surface area contributed by atoms with E-state index in [9.17, 15) is 33.2 Å². The summed E-state index contributed by atoms with van der Waals surface area (Å²) < 4.78 is 42.2. The van der Waals surface area contributed by atoms with Gasteiger partial charge in [-0.2, -0.15) is 13.2 Å². The number of rotatable bonds is 5. The number of hydrogen-bond donors (Lipinski definition) is 2. The van der Waals surface area contributed by atoms with Gasteiger partial charge in [0.1, 0.15) is 17.3 Å². The number of aliphatic hydroxyl groups is 1. The predicted octanol–water partition coefficient (Wildman–Crippen LogP) is 4.52. The van der Waals surface area contributed by atoms with Gasteiger partial charge in [0.15, 0.2) is 5.65 Å². The molecule has 4 heterocycles. The normalized spacial score (nSPS) is 16.3. The van der Waals surface area contributed by atoms with E-state index >= 15 is 0 Å². The maximum Gasteiger partial charge on any atom is 0.416 e. The van der Waals surface area contributed by atoms with Gasteiger partial charge in [0.05, 0.1) is 27.5 Å². The number of fused-ring (bicyclic) bond motifs is 3. The monoisotopic (exact) mass is 557 g/mol. The van der Waals surface area contributed by atoms with Crippen LogP contribution in [0.25, 0.3) is 16.7 Å². The highest BCUT2D eigenvalue weighted by Gasteiger charge is 2.38. The van der Waals surface area contributed by atoms with Gasteiger partial charge in [0.25, 0.3) is 5.69 Å². The second-order valence-electron chi connectivity index (χ2n) is 10.0. The van der Waals surface area contributed by atoms with Gasteiger partial charge in [-0.05, 0) is 44.4 Å². The third-order valence-corrected chi connectivity index (χ3v) is 7.30. The van der Waals surface area contributed by atoms with Crippen molar-refractivity contribution in [2.45, 2.75) is 51.4 Å². The van der Waals surface area contributed by atoms with Crippen molar-refractivity contribution in [1.29, 1.82) is 0 Å². The first-order chi connectivity index (χ1) is 18.8. The molecule has 0 radical (unpaired) electrons. The minimum absolute atomic E-state index is 0.0464. The van der Waals surface area contributed by atoms with Crippen LogP contribution in [0.3, 0.4) is 0 Å². The molecule has 5 rings (SSSR count). The van der Waals surface area contributed by atoms with E-state index in [1.54, 1.807) is 41.6 Å². The zero-order valence-electron chi connectivity index (χ0n) is 21.9. The van der Waals surface area contributed by atoms with E-state index in [0.29, 0.717) is 47.2 Å². The van der Waals surface area contributed by atoms with E-state index in [1.807, 2.05) is 0 Å². The molecule has 3 aromatic heterocycles. The first kappa shape index (κ1) is 27.2. The number of piperidine rings is 1. The van der Waals surface area contributed by atoms with Gasteiger partial charge >= 0.3 is 6.18 Å². The Balaban J connectivity index is 1.61. The van der Waals surface area contributed by atoms with Gasteiger partial charge in [0.2, 0.25) is 5.91 Å². The highest BCUT2D eigenvalue weighted by molar-refractivity contribution is 5.90. The molecular weight excluding hydrogens is 531 g/mol. The number of aryl methyl sites for hydroxylation is 1. The number of likely N-dealkylation sites (tertiary alicyclic amines) is 1. The summed E-state index contributed by atoms with van der Waals surface area (Å²) in [6.07, 6.45) is -0.957. The molecule has 1 amide bonds. The molecule has 1 aliphatic heterocycles. The van der Waals surface area contributed by atoms with Crippen LogP contribution in [0, 0.1) is 17.0 Å². The maximum atomic E-state index is 13.5. The van der Waals surface area contributed by atoms with E-state index < -0.39 is 34.0 Å². The molecule has 1 aliphatic rings. The van der Waals surface area contributed by atoms with Crippen molar-refractivity contribution in [1.82, 2.24) is 24.3 Å². The predicted molar refractivity (Wildman–Crippen MR) is 139 cm³/mol. The average Bonchev–Trinajstić information content (AvgIpc) is 3.38. The summed E-state index contributed by atoms with van der Waals surface area (Å²) >= 11 is 0. The van der Waals surface area contributed by atoms with E-state index in [4.69, 9.17) is 0 Å². The van der Waals surface area contributed by atoms with Gasteiger partial charge in [-0.25, -0.2) is 15.0 Å². The Morgan fingerprint density at radius 2 is 1.88 bits per heavy atom. The Bertz CT molecular complexity index is 1650. The van der Waals surface area contributed by atoms with Crippen molar-refractivity contribution in [2.75, 3.05) is 18.4 Å². The molecule has 11 nitrogen and oxygen atoms in total. The van der Waals surface area contributed by atoms with Gasteiger partial charge in [-0.15, -0.1) is 0 Å². The second kappa shape index (κ2) is 9.70. The lowest BCUT2D eigenvalue weighted by Gasteiger charge is -2.38. The van der Waals surface area contributed by atoms with Crippen molar-refractivity contribution >= 4 is 34.1 Å². The number of carbonyl (C=O) groups is 1. The first-order valence-corrected chi connectivity index (χ1v) is 12.5. The molecule has 0 aliphatic carbocycles. The van der Waals surface area contributed by atoms with Gasteiger partial charge in [-0.3, -0.25) is 19.3 Å². The molecule has 0 bridgehead atoms. The number of non-ortho nitro benzene ring substituents is 1. The number of nitro benzene ring substituents is 1. The van der Waals surface area contributed by atoms with Crippen LogP contribution in [-0.2, 0) is 16.6 Å². The van der Waals surface area contributed by atoms with Crippen LogP contribution in [0.4, 0.5) is 24.7 Å². The fourth-order valence-corrected chi connectivity index (χ4v) is 5.12. The van der Waals surface area contributed by atoms with Gasteiger partial charge in [0, 0.05) is 50.1 Å². The van der Waals surface area contributed by atoms with Crippen molar-refractivity contribution in [3.05, 3.63) is 69.3 Å². The van der Waals surface area contributed by atoms with Crippen LogP contribution in [-0.4, -0.2) is 53.3 Å². The lowest BCUT2D eigenvalue weighted by molar-refractivity contribution is -0.385. The number of pyridine rings is 1. The zero-order chi connectivity index (χ0) is 29.0. The topological polar surface area (TPSA) is 139 Å². The van der Waals surface area contributed by atoms with Crippen LogP contribution in [0.2, 0.25) is 0 Å². The van der Waals surface area contributed by atoms with E-state index in [0.717, 1.165) is 12.1 Å². The van der Waals surface area contributed by atoms with Crippen LogP contribution in [0.5, 0.6) is 0 Å². The fourth-order valence-electron chi connectivity index (χ4n) is 5.12. The molecule has 14 heteroatoms. The number of carbonyl (C=O) groups excluding carboxylic acids is 1. The lowest BCUT2D eigenvalue weighted by Crippen LogP contribution is -2.44. The van der Waals surface area contributed by atoms with Crippen LogP contribution in [0.1, 0.15) is 55.2 Å². The van der Waals surface area contributed by atoms with Crippen LogP contribution in [0.15, 0.2) is 36.7 Å². The molecular formula is C26H26F3N7O4. The SMILES string of the molecule is CC(=O)N1CCC(O)(c2cc3c(N[C@H](C)c4cc([N+](=O)[O-])cc(C(F)(F)F)c4)nc(C)nc3n3ccnc23)CC1. The Morgan fingerprint density at radius 1 is 1.18 bits per heavy atom. The number of aromatic nitrogens is 4.